The molecule has 1 heterocycles. The zero-order valence-corrected chi connectivity index (χ0v) is 19.9. The molecule has 0 bridgehead atoms. The number of hydrogen-bond donors (Lipinski definition) is 0. The van der Waals surface area contributed by atoms with Crippen molar-refractivity contribution in [1.29, 1.82) is 0 Å². The molecule has 7 heteroatoms. The van der Waals surface area contributed by atoms with E-state index in [9.17, 15) is 14.0 Å². The molecule has 3 aromatic carbocycles. The first-order valence-corrected chi connectivity index (χ1v) is 11.3. The van der Waals surface area contributed by atoms with Gasteiger partial charge < -0.3 is 9.47 Å². The van der Waals surface area contributed by atoms with Crippen LogP contribution in [0.5, 0.6) is 11.5 Å². The van der Waals surface area contributed by atoms with Gasteiger partial charge in [-0.15, -0.1) is 11.3 Å². The highest BCUT2D eigenvalue weighted by Gasteiger charge is 2.25. The molecule has 0 amide bonds. The first-order chi connectivity index (χ1) is 15.3. The van der Waals surface area contributed by atoms with Gasteiger partial charge in [0.25, 0.3) is 0 Å². The Morgan fingerprint density at radius 3 is 2.25 bits per heavy atom. The van der Waals surface area contributed by atoms with Gasteiger partial charge in [-0.2, -0.15) is 0 Å². The number of methoxy groups -OCH3 is 1. The summed E-state index contributed by atoms with van der Waals surface area (Å²) in [6.45, 7) is 3.42. The number of esters is 1. The van der Waals surface area contributed by atoms with Crippen LogP contribution in [0, 0.1) is 19.7 Å². The number of benzene rings is 3. The average molecular weight is 513 g/mol. The van der Waals surface area contributed by atoms with Gasteiger partial charge in [-0.05, 0) is 79.6 Å². The van der Waals surface area contributed by atoms with Gasteiger partial charge in [-0.25, -0.2) is 9.18 Å². The highest BCUT2D eigenvalue weighted by molar-refractivity contribution is 9.10. The zero-order chi connectivity index (χ0) is 23.0. The van der Waals surface area contributed by atoms with Crippen LogP contribution < -0.4 is 4.74 Å². The fourth-order valence-electron chi connectivity index (χ4n) is 3.57. The van der Waals surface area contributed by atoms with Crippen LogP contribution >= 0.6 is 27.3 Å². The van der Waals surface area contributed by atoms with Crippen molar-refractivity contribution in [3.8, 4) is 11.5 Å². The molecular formula is C25H18BrFO4S. The smallest absolute Gasteiger partial charge is 0.337 e. The average Bonchev–Trinajstić information content (AvgIpc) is 3.11. The lowest BCUT2D eigenvalue weighted by molar-refractivity contribution is 0.0600. The summed E-state index contributed by atoms with van der Waals surface area (Å²) in [5.74, 6) is -0.146. The quantitative estimate of drug-likeness (QED) is 0.209. The molecule has 0 atom stereocenters. The summed E-state index contributed by atoms with van der Waals surface area (Å²) >= 11 is 4.63. The Kier molecular flexibility index (Phi) is 6.13. The van der Waals surface area contributed by atoms with E-state index in [0.717, 1.165) is 4.47 Å². The second-order valence-electron chi connectivity index (χ2n) is 7.26. The first-order valence-electron chi connectivity index (χ1n) is 9.68. The second kappa shape index (κ2) is 8.84. The lowest BCUT2D eigenvalue weighted by atomic mass is 9.97. The molecule has 0 aliphatic rings. The van der Waals surface area contributed by atoms with Crippen molar-refractivity contribution < 1.29 is 23.5 Å². The van der Waals surface area contributed by atoms with E-state index in [2.05, 4.69) is 15.9 Å². The van der Waals surface area contributed by atoms with Crippen LogP contribution in [0.15, 0.2) is 59.1 Å². The van der Waals surface area contributed by atoms with Gasteiger partial charge in [-0.3, -0.25) is 4.79 Å². The van der Waals surface area contributed by atoms with Gasteiger partial charge in [0.2, 0.25) is 5.78 Å². The molecule has 0 fully saturated rings. The van der Waals surface area contributed by atoms with E-state index >= 15 is 0 Å². The van der Waals surface area contributed by atoms with Crippen LogP contribution in [0.25, 0.3) is 10.1 Å². The van der Waals surface area contributed by atoms with E-state index in [1.807, 2.05) is 12.1 Å². The fraction of sp³-hybridized carbons (Fsp3) is 0.120. The van der Waals surface area contributed by atoms with Gasteiger partial charge in [-0.1, -0.05) is 15.9 Å². The van der Waals surface area contributed by atoms with Crippen LogP contribution in [0.3, 0.4) is 0 Å². The highest BCUT2D eigenvalue weighted by atomic mass is 79.9. The van der Waals surface area contributed by atoms with E-state index in [4.69, 9.17) is 9.47 Å². The Morgan fingerprint density at radius 1 is 0.969 bits per heavy atom. The fourth-order valence-corrected chi connectivity index (χ4v) is 4.95. The Morgan fingerprint density at radius 2 is 1.62 bits per heavy atom. The van der Waals surface area contributed by atoms with Crippen molar-refractivity contribution in [3.63, 3.8) is 0 Å². The number of fused-ring (bicyclic) bond motifs is 1. The standard InChI is InChI=1S/C25H18BrFO4S/c1-13-10-17(27)11-14(2)21(13)22(28)24-23(31-18-7-5-16(26)6-8-18)19-9-4-15(25(29)30-3)12-20(19)32-24/h4-12H,1-3H3. The number of carbonyl (C=O) groups excluding carboxylic acids is 2. The SMILES string of the molecule is COC(=O)c1ccc2c(Oc3ccc(Br)cc3)c(C(=O)c3c(C)cc(F)cc3C)sc2c1. The largest absolute Gasteiger partial charge is 0.465 e. The summed E-state index contributed by atoms with van der Waals surface area (Å²) in [6, 6.07) is 15.0. The number of ketones is 1. The van der Waals surface area contributed by atoms with Crippen molar-refractivity contribution in [2.24, 2.45) is 0 Å². The molecule has 162 valence electrons. The van der Waals surface area contributed by atoms with E-state index in [1.54, 1.807) is 44.2 Å². The first kappa shape index (κ1) is 22.2. The number of ether oxygens (including phenoxy) is 2. The number of carbonyl (C=O) groups is 2. The van der Waals surface area contributed by atoms with Crippen molar-refractivity contribution in [2.45, 2.75) is 13.8 Å². The predicted octanol–water partition coefficient (Wildman–Crippen LogP) is 7.23. The van der Waals surface area contributed by atoms with Crippen LogP contribution in [0.4, 0.5) is 4.39 Å². The number of aryl methyl sites for hydroxylation is 2. The minimum Gasteiger partial charge on any atom is -0.465 e. The van der Waals surface area contributed by atoms with Crippen LogP contribution in [-0.2, 0) is 4.74 Å². The third kappa shape index (κ3) is 4.18. The third-order valence-corrected chi connectivity index (χ3v) is 6.69. The summed E-state index contributed by atoms with van der Waals surface area (Å²) in [4.78, 5) is 26.0. The van der Waals surface area contributed by atoms with Crippen molar-refractivity contribution in [2.75, 3.05) is 7.11 Å². The minimum absolute atomic E-state index is 0.257. The Bertz CT molecular complexity index is 1340. The Labute approximate surface area is 196 Å². The molecule has 0 radical (unpaired) electrons. The van der Waals surface area contributed by atoms with Gasteiger partial charge in [0.1, 0.15) is 16.4 Å². The molecule has 4 nitrogen and oxygen atoms in total. The van der Waals surface area contributed by atoms with E-state index < -0.39 is 5.97 Å². The zero-order valence-electron chi connectivity index (χ0n) is 17.5. The lowest BCUT2D eigenvalue weighted by Crippen LogP contribution is -2.06. The van der Waals surface area contributed by atoms with E-state index in [1.165, 1.54) is 30.6 Å². The highest BCUT2D eigenvalue weighted by Crippen LogP contribution is 2.42. The van der Waals surface area contributed by atoms with Gasteiger partial charge in [0, 0.05) is 20.1 Å². The molecule has 0 spiro atoms. The summed E-state index contributed by atoms with van der Waals surface area (Å²) in [5.41, 5.74) is 1.92. The van der Waals surface area contributed by atoms with Gasteiger partial charge in [0.05, 0.1) is 12.7 Å². The maximum absolute atomic E-state index is 13.8. The molecule has 0 aliphatic heterocycles. The molecule has 0 N–H and O–H groups in total. The lowest BCUT2D eigenvalue weighted by Gasteiger charge is -2.11. The molecule has 0 saturated heterocycles. The second-order valence-corrected chi connectivity index (χ2v) is 9.23. The van der Waals surface area contributed by atoms with Gasteiger partial charge in [0.15, 0.2) is 5.75 Å². The summed E-state index contributed by atoms with van der Waals surface area (Å²) in [5, 5.41) is 0.700. The summed E-state index contributed by atoms with van der Waals surface area (Å²) in [6.07, 6.45) is 0. The minimum atomic E-state index is -0.464. The van der Waals surface area contributed by atoms with Crippen molar-refractivity contribution in [1.82, 2.24) is 0 Å². The topological polar surface area (TPSA) is 52.6 Å². The van der Waals surface area contributed by atoms with Crippen molar-refractivity contribution in [3.05, 3.63) is 92.0 Å². The normalized spacial score (nSPS) is 10.9. The van der Waals surface area contributed by atoms with Crippen LogP contribution in [-0.4, -0.2) is 18.9 Å². The van der Waals surface area contributed by atoms with Crippen LogP contribution in [0.1, 0.15) is 36.7 Å². The molecule has 0 aliphatic carbocycles. The number of hydrogen-bond acceptors (Lipinski definition) is 5. The van der Waals surface area contributed by atoms with Gasteiger partial charge >= 0.3 is 5.97 Å². The maximum atomic E-state index is 13.8. The number of halogens is 2. The van der Waals surface area contributed by atoms with Crippen LogP contribution in [0.2, 0.25) is 0 Å². The number of thiophene rings is 1. The molecule has 32 heavy (non-hydrogen) atoms. The van der Waals surface area contributed by atoms with E-state index in [0.29, 0.717) is 48.7 Å². The summed E-state index contributed by atoms with van der Waals surface area (Å²) in [7, 11) is 1.32. The van der Waals surface area contributed by atoms with Crippen molar-refractivity contribution >= 4 is 49.1 Å². The number of rotatable bonds is 5. The molecule has 4 aromatic rings. The molecule has 0 unspecified atom stereocenters. The molecule has 4 rings (SSSR count). The monoisotopic (exact) mass is 512 g/mol. The Hall–Kier alpha value is -3.03. The molecule has 1 aromatic heterocycles. The predicted molar refractivity (Wildman–Crippen MR) is 127 cm³/mol. The molecular weight excluding hydrogens is 495 g/mol. The van der Waals surface area contributed by atoms with E-state index in [-0.39, 0.29) is 11.6 Å². The summed E-state index contributed by atoms with van der Waals surface area (Å²) < 4.78 is 26.4. The Balaban J connectivity index is 1.90. The maximum Gasteiger partial charge on any atom is 0.337 e. The third-order valence-electron chi connectivity index (χ3n) is 5.03. The molecule has 0 saturated carbocycles.